The number of nitrogens with one attached hydrogen (secondary N) is 1. The standard InChI is InChI=1S/C21H22BrNO5/c1-10-17(20(25)26-4)18(11-5-15-16(6-12(11)22)28-9-27-15)19-13(23-10)7-21(2,3)8-14(19)24/h5-7,18-19,23H,8-9H2,1-4H3. The maximum absolute atomic E-state index is 13.2. The molecule has 3 aliphatic rings. The van der Waals surface area contributed by atoms with Crippen LogP contribution in [-0.4, -0.2) is 25.7 Å². The molecule has 0 radical (unpaired) electrons. The van der Waals surface area contributed by atoms with Crippen LogP contribution in [0.25, 0.3) is 0 Å². The Morgan fingerprint density at radius 1 is 1.25 bits per heavy atom. The molecule has 0 spiro atoms. The Labute approximate surface area is 172 Å². The fourth-order valence-electron chi connectivity index (χ4n) is 4.35. The molecule has 2 heterocycles. The van der Waals surface area contributed by atoms with Gasteiger partial charge in [0, 0.05) is 28.2 Å². The first-order valence-corrected chi connectivity index (χ1v) is 9.92. The highest BCUT2D eigenvalue weighted by atomic mass is 79.9. The van der Waals surface area contributed by atoms with Gasteiger partial charge in [-0.1, -0.05) is 35.9 Å². The van der Waals surface area contributed by atoms with E-state index in [0.717, 1.165) is 15.7 Å². The van der Waals surface area contributed by atoms with Gasteiger partial charge in [0.15, 0.2) is 11.5 Å². The number of carbonyl (C=O) groups excluding carboxylic acids is 2. The van der Waals surface area contributed by atoms with Crippen molar-refractivity contribution in [3.05, 3.63) is 45.2 Å². The van der Waals surface area contributed by atoms with Crippen molar-refractivity contribution in [1.29, 1.82) is 0 Å². The van der Waals surface area contributed by atoms with E-state index in [1.165, 1.54) is 7.11 Å². The molecule has 0 amide bonds. The van der Waals surface area contributed by atoms with Gasteiger partial charge in [-0.3, -0.25) is 4.79 Å². The van der Waals surface area contributed by atoms with Crippen LogP contribution in [0.4, 0.5) is 0 Å². The fraction of sp³-hybridized carbons (Fsp3) is 0.429. The summed E-state index contributed by atoms with van der Waals surface area (Å²) in [5.74, 6) is -0.0749. The number of esters is 1. The molecule has 1 N–H and O–H groups in total. The molecule has 148 valence electrons. The molecule has 6 nitrogen and oxygen atoms in total. The van der Waals surface area contributed by atoms with Gasteiger partial charge in [-0.25, -0.2) is 4.79 Å². The quantitative estimate of drug-likeness (QED) is 0.694. The molecule has 7 heteroatoms. The number of benzene rings is 1. The minimum Gasteiger partial charge on any atom is -0.466 e. The van der Waals surface area contributed by atoms with E-state index in [0.29, 0.717) is 29.2 Å². The van der Waals surface area contributed by atoms with Gasteiger partial charge < -0.3 is 19.5 Å². The Kier molecular flexibility index (Phi) is 4.53. The first-order chi connectivity index (χ1) is 13.2. The number of methoxy groups -OCH3 is 1. The third kappa shape index (κ3) is 3.02. The van der Waals surface area contributed by atoms with E-state index in [-0.39, 0.29) is 18.0 Å². The Morgan fingerprint density at radius 3 is 2.61 bits per heavy atom. The van der Waals surface area contributed by atoms with Crippen molar-refractivity contribution in [2.24, 2.45) is 11.3 Å². The van der Waals surface area contributed by atoms with Crippen LogP contribution < -0.4 is 14.8 Å². The smallest absolute Gasteiger partial charge is 0.336 e. The topological polar surface area (TPSA) is 73.9 Å². The Balaban J connectivity index is 1.94. The van der Waals surface area contributed by atoms with Gasteiger partial charge >= 0.3 is 5.97 Å². The number of hydrogen-bond donors (Lipinski definition) is 1. The van der Waals surface area contributed by atoms with Gasteiger partial charge in [-0.05, 0) is 30.0 Å². The molecule has 0 aromatic heterocycles. The average Bonchev–Trinajstić information content (AvgIpc) is 3.05. The Morgan fingerprint density at radius 2 is 1.93 bits per heavy atom. The number of ether oxygens (including phenoxy) is 3. The van der Waals surface area contributed by atoms with Crippen molar-refractivity contribution in [3.63, 3.8) is 0 Å². The molecule has 1 aromatic rings. The summed E-state index contributed by atoms with van der Waals surface area (Å²) in [6.45, 7) is 6.06. The molecule has 2 unspecified atom stereocenters. The zero-order valence-corrected chi connectivity index (χ0v) is 17.8. The van der Waals surface area contributed by atoms with E-state index in [9.17, 15) is 9.59 Å². The van der Waals surface area contributed by atoms with Gasteiger partial charge in [-0.2, -0.15) is 0 Å². The summed E-state index contributed by atoms with van der Waals surface area (Å²) in [7, 11) is 1.35. The van der Waals surface area contributed by atoms with Crippen molar-refractivity contribution in [2.45, 2.75) is 33.1 Å². The van der Waals surface area contributed by atoms with Crippen LogP contribution in [0.5, 0.6) is 11.5 Å². The molecule has 4 rings (SSSR count). The number of halogens is 1. The van der Waals surface area contributed by atoms with Gasteiger partial charge in [0.05, 0.1) is 18.6 Å². The Hall–Kier alpha value is -2.28. The monoisotopic (exact) mass is 447 g/mol. The molecule has 1 aromatic carbocycles. The van der Waals surface area contributed by atoms with Crippen molar-refractivity contribution in [2.75, 3.05) is 13.9 Å². The largest absolute Gasteiger partial charge is 0.466 e. The lowest BCUT2D eigenvalue weighted by Crippen LogP contribution is -2.43. The number of rotatable bonds is 2. The third-order valence-electron chi connectivity index (χ3n) is 5.47. The molecular weight excluding hydrogens is 426 g/mol. The summed E-state index contributed by atoms with van der Waals surface area (Å²) in [4.78, 5) is 25.9. The van der Waals surface area contributed by atoms with E-state index >= 15 is 0 Å². The number of hydrogen-bond acceptors (Lipinski definition) is 6. The molecule has 0 saturated heterocycles. The van der Waals surface area contributed by atoms with Crippen LogP contribution in [0.15, 0.2) is 39.6 Å². The molecule has 1 aliphatic carbocycles. The predicted molar refractivity (Wildman–Crippen MR) is 106 cm³/mol. The first kappa shape index (κ1) is 19.1. The third-order valence-corrected chi connectivity index (χ3v) is 6.16. The van der Waals surface area contributed by atoms with Crippen LogP contribution in [0.3, 0.4) is 0 Å². The normalized spacial score (nSPS) is 25.0. The van der Waals surface area contributed by atoms with E-state index in [1.54, 1.807) is 0 Å². The second-order valence-electron chi connectivity index (χ2n) is 8.07. The lowest BCUT2D eigenvalue weighted by Gasteiger charge is -2.41. The number of Topliss-reactive ketones (excluding diaryl/α,β-unsaturated/α-hetero) is 1. The molecule has 2 atom stereocenters. The molecule has 2 aliphatic heterocycles. The minimum atomic E-state index is -0.484. The van der Waals surface area contributed by atoms with Gasteiger partial charge in [-0.15, -0.1) is 0 Å². The zero-order chi connectivity index (χ0) is 20.2. The number of fused-ring (bicyclic) bond motifs is 2. The van der Waals surface area contributed by atoms with E-state index < -0.39 is 17.8 Å². The first-order valence-electron chi connectivity index (χ1n) is 9.12. The minimum absolute atomic E-state index is 0.0958. The second-order valence-corrected chi connectivity index (χ2v) is 8.92. The summed E-state index contributed by atoms with van der Waals surface area (Å²) >= 11 is 3.60. The zero-order valence-electron chi connectivity index (χ0n) is 16.2. The van der Waals surface area contributed by atoms with Crippen LogP contribution in [0.1, 0.15) is 38.7 Å². The van der Waals surface area contributed by atoms with Gasteiger partial charge in [0.2, 0.25) is 6.79 Å². The number of carbonyl (C=O) groups is 2. The second kappa shape index (κ2) is 6.65. The maximum Gasteiger partial charge on any atom is 0.336 e. The van der Waals surface area contributed by atoms with Crippen LogP contribution >= 0.6 is 15.9 Å². The summed E-state index contributed by atoms with van der Waals surface area (Å²) in [6, 6.07) is 3.67. The summed E-state index contributed by atoms with van der Waals surface area (Å²) < 4.78 is 16.8. The lowest BCUT2D eigenvalue weighted by molar-refractivity contribution is -0.136. The molecule has 0 bridgehead atoms. The molecule has 28 heavy (non-hydrogen) atoms. The number of ketones is 1. The van der Waals surface area contributed by atoms with Crippen LogP contribution in [-0.2, 0) is 14.3 Å². The molecular formula is C21H22BrNO5. The highest BCUT2D eigenvalue weighted by molar-refractivity contribution is 9.10. The maximum atomic E-state index is 13.2. The van der Waals surface area contributed by atoms with Gasteiger partial charge in [0.1, 0.15) is 5.78 Å². The predicted octanol–water partition coefficient (Wildman–Crippen LogP) is 3.81. The average molecular weight is 448 g/mol. The van der Waals surface area contributed by atoms with E-state index in [1.807, 2.05) is 32.9 Å². The summed E-state index contributed by atoms with van der Waals surface area (Å²) in [5.41, 5.74) is 2.54. The fourth-order valence-corrected chi connectivity index (χ4v) is 4.92. The molecule has 0 saturated carbocycles. The van der Waals surface area contributed by atoms with Crippen molar-refractivity contribution < 1.29 is 23.8 Å². The highest BCUT2D eigenvalue weighted by Gasteiger charge is 2.47. The van der Waals surface area contributed by atoms with Gasteiger partial charge in [0.25, 0.3) is 0 Å². The van der Waals surface area contributed by atoms with Crippen LogP contribution in [0, 0.1) is 11.3 Å². The van der Waals surface area contributed by atoms with Crippen LogP contribution in [0.2, 0.25) is 0 Å². The van der Waals surface area contributed by atoms with Crippen molar-refractivity contribution in [1.82, 2.24) is 5.32 Å². The lowest BCUT2D eigenvalue weighted by atomic mass is 9.66. The highest BCUT2D eigenvalue weighted by Crippen LogP contribution is 2.50. The Bertz CT molecular complexity index is 946. The SMILES string of the molecule is COC(=O)C1=C(C)NC2=CC(C)(C)CC(=O)C2C1c1cc2c(cc1Br)OCO2. The van der Waals surface area contributed by atoms with Crippen molar-refractivity contribution in [3.8, 4) is 11.5 Å². The number of allylic oxidation sites excluding steroid dienone is 3. The summed E-state index contributed by atoms with van der Waals surface area (Å²) in [5, 5.41) is 3.29. The van der Waals surface area contributed by atoms with E-state index in [2.05, 4.69) is 27.3 Å². The molecule has 0 fully saturated rings. The van der Waals surface area contributed by atoms with E-state index in [4.69, 9.17) is 14.2 Å². The summed E-state index contributed by atoms with van der Waals surface area (Å²) in [6.07, 6.45) is 2.51. The van der Waals surface area contributed by atoms with Crippen molar-refractivity contribution >= 4 is 27.7 Å².